The van der Waals surface area contributed by atoms with E-state index in [2.05, 4.69) is 30.6 Å². The summed E-state index contributed by atoms with van der Waals surface area (Å²) in [5, 5.41) is 0. The van der Waals surface area contributed by atoms with Crippen molar-refractivity contribution in [2.24, 2.45) is 0 Å². The lowest BCUT2D eigenvalue weighted by molar-refractivity contribution is -0.134. The first-order chi connectivity index (χ1) is 8.69. The Morgan fingerprint density at radius 3 is 2.44 bits per heavy atom. The van der Waals surface area contributed by atoms with E-state index >= 15 is 0 Å². The number of hydrogen-bond acceptors (Lipinski definition) is 2. The Bertz CT molecular complexity index is 243. The third-order valence-electron chi connectivity index (χ3n) is 4.02. The summed E-state index contributed by atoms with van der Waals surface area (Å²) in [5.41, 5.74) is 0. The molecule has 1 saturated heterocycles. The Hall–Kier alpha value is -0.570. The maximum absolute atomic E-state index is 12.1. The maximum Gasteiger partial charge on any atom is 0.222 e. The molecule has 106 valence electrons. The number of unbranched alkanes of at least 4 members (excludes halogenated alkanes) is 4. The van der Waals surface area contributed by atoms with Gasteiger partial charge in [-0.2, -0.15) is 0 Å². The molecule has 1 fully saturated rings. The zero-order valence-electron chi connectivity index (χ0n) is 12.5. The van der Waals surface area contributed by atoms with Crippen molar-refractivity contribution < 1.29 is 4.79 Å². The fourth-order valence-electron chi connectivity index (χ4n) is 2.73. The van der Waals surface area contributed by atoms with E-state index in [0.717, 1.165) is 39.0 Å². The monoisotopic (exact) mass is 254 g/mol. The lowest BCUT2D eigenvalue weighted by Crippen LogP contribution is -2.53. The molecule has 0 aromatic carbocycles. The molecule has 3 heteroatoms. The first kappa shape index (κ1) is 15.5. The van der Waals surface area contributed by atoms with Crippen LogP contribution >= 0.6 is 0 Å². The second-order valence-corrected chi connectivity index (χ2v) is 5.48. The fourth-order valence-corrected chi connectivity index (χ4v) is 2.73. The summed E-state index contributed by atoms with van der Waals surface area (Å²) in [6.07, 6.45) is 6.89. The molecule has 1 atom stereocenters. The van der Waals surface area contributed by atoms with Gasteiger partial charge in [0.1, 0.15) is 0 Å². The van der Waals surface area contributed by atoms with Gasteiger partial charge in [0.25, 0.3) is 0 Å². The van der Waals surface area contributed by atoms with Gasteiger partial charge in [-0.3, -0.25) is 9.69 Å². The predicted octanol–water partition coefficient (Wildman–Crippen LogP) is 2.90. The van der Waals surface area contributed by atoms with E-state index in [4.69, 9.17) is 0 Å². The zero-order chi connectivity index (χ0) is 13.4. The molecule has 0 spiro atoms. The fraction of sp³-hybridized carbons (Fsp3) is 0.933. The molecule has 0 aromatic heterocycles. The normalized spacial score (nSPS) is 21.3. The summed E-state index contributed by atoms with van der Waals surface area (Å²) >= 11 is 0. The summed E-state index contributed by atoms with van der Waals surface area (Å²) in [4.78, 5) is 16.6. The van der Waals surface area contributed by atoms with Crippen LogP contribution in [0.3, 0.4) is 0 Å². The summed E-state index contributed by atoms with van der Waals surface area (Å²) in [7, 11) is 0. The average Bonchev–Trinajstić information content (AvgIpc) is 2.38. The van der Waals surface area contributed by atoms with E-state index in [1.54, 1.807) is 0 Å². The number of nitrogens with zero attached hydrogens (tertiary/aromatic N) is 2. The van der Waals surface area contributed by atoms with Gasteiger partial charge in [-0.05, 0) is 19.9 Å². The van der Waals surface area contributed by atoms with Crippen LogP contribution in [-0.2, 0) is 4.79 Å². The summed E-state index contributed by atoms with van der Waals surface area (Å²) in [6.45, 7) is 10.6. The molecule has 0 saturated carbocycles. The van der Waals surface area contributed by atoms with Gasteiger partial charge in [0, 0.05) is 32.1 Å². The minimum absolute atomic E-state index is 0.370. The van der Waals surface area contributed by atoms with Crippen LogP contribution in [-0.4, -0.2) is 47.9 Å². The molecule has 0 aromatic rings. The molecule has 18 heavy (non-hydrogen) atoms. The first-order valence-electron chi connectivity index (χ1n) is 7.70. The van der Waals surface area contributed by atoms with Gasteiger partial charge in [0.15, 0.2) is 0 Å². The minimum Gasteiger partial charge on any atom is -0.340 e. The molecular weight excluding hydrogens is 224 g/mol. The molecule has 1 heterocycles. The Kier molecular flexibility index (Phi) is 7.33. The largest absolute Gasteiger partial charge is 0.340 e. The molecule has 0 radical (unpaired) electrons. The molecule has 1 aliphatic heterocycles. The second kappa shape index (κ2) is 8.52. The van der Waals surface area contributed by atoms with Crippen molar-refractivity contribution in [3.05, 3.63) is 0 Å². The van der Waals surface area contributed by atoms with Crippen molar-refractivity contribution >= 4 is 5.91 Å². The van der Waals surface area contributed by atoms with E-state index in [-0.39, 0.29) is 0 Å². The highest BCUT2D eigenvalue weighted by Crippen LogP contribution is 2.12. The van der Waals surface area contributed by atoms with Gasteiger partial charge >= 0.3 is 0 Å². The highest BCUT2D eigenvalue weighted by Gasteiger charge is 2.24. The summed E-state index contributed by atoms with van der Waals surface area (Å²) < 4.78 is 0. The van der Waals surface area contributed by atoms with Crippen LogP contribution in [0.2, 0.25) is 0 Å². The number of carbonyl (C=O) groups excluding carboxylic acids is 1. The molecular formula is C15H30N2O. The standard InChI is InChI=1S/C15H30N2O/c1-4-6-7-8-9-10-15(18)17-12-11-16(5-2)14(3)13-17/h14H,4-13H2,1-3H3. The predicted molar refractivity (Wildman–Crippen MR) is 76.7 cm³/mol. The smallest absolute Gasteiger partial charge is 0.222 e. The molecule has 1 aliphatic rings. The molecule has 1 amide bonds. The summed E-state index contributed by atoms with van der Waals surface area (Å²) in [6, 6.07) is 0.521. The van der Waals surface area contributed by atoms with Crippen LogP contribution in [0, 0.1) is 0 Å². The van der Waals surface area contributed by atoms with Crippen molar-refractivity contribution in [3.8, 4) is 0 Å². The third kappa shape index (κ3) is 4.97. The van der Waals surface area contributed by atoms with E-state index in [0.29, 0.717) is 11.9 Å². The van der Waals surface area contributed by atoms with Gasteiger partial charge in [0.2, 0.25) is 5.91 Å². The van der Waals surface area contributed by atoms with Crippen LogP contribution in [0.25, 0.3) is 0 Å². The second-order valence-electron chi connectivity index (χ2n) is 5.48. The number of hydrogen-bond donors (Lipinski definition) is 0. The van der Waals surface area contributed by atoms with Gasteiger partial charge in [-0.1, -0.05) is 39.5 Å². The van der Waals surface area contributed by atoms with Crippen LogP contribution in [0.5, 0.6) is 0 Å². The molecule has 0 N–H and O–H groups in total. The maximum atomic E-state index is 12.1. The quantitative estimate of drug-likeness (QED) is 0.652. The Labute approximate surface area is 113 Å². The third-order valence-corrected chi connectivity index (χ3v) is 4.02. The summed E-state index contributed by atoms with van der Waals surface area (Å²) in [5.74, 6) is 0.370. The van der Waals surface area contributed by atoms with Gasteiger partial charge in [-0.15, -0.1) is 0 Å². The van der Waals surface area contributed by atoms with Crippen LogP contribution in [0.4, 0.5) is 0 Å². The molecule has 1 unspecified atom stereocenters. The molecule has 0 aliphatic carbocycles. The molecule has 1 rings (SSSR count). The van der Waals surface area contributed by atoms with Crippen molar-refractivity contribution in [2.75, 3.05) is 26.2 Å². The van der Waals surface area contributed by atoms with Gasteiger partial charge in [-0.25, -0.2) is 0 Å². The van der Waals surface area contributed by atoms with Crippen molar-refractivity contribution in [2.45, 2.75) is 65.3 Å². The molecule has 0 bridgehead atoms. The van der Waals surface area contributed by atoms with Gasteiger partial charge in [0.05, 0.1) is 0 Å². The number of carbonyl (C=O) groups is 1. The SMILES string of the molecule is CCCCCCCC(=O)N1CCN(CC)C(C)C1. The Balaban J connectivity index is 2.18. The van der Waals surface area contributed by atoms with E-state index in [9.17, 15) is 4.79 Å². The number of amides is 1. The Morgan fingerprint density at radius 1 is 1.11 bits per heavy atom. The Morgan fingerprint density at radius 2 is 1.83 bits per heavy atom. The lowest BCUT2D eigenvalue weighted by Gasteiger charge is -2.39. The van der Waals surface area contributed by atoms with E-state index in [1.807, 2.05) is 0 Å². The highest BCUT2D eigenvalue weighted by atomic mass is 16.2. The zero-order valence-corrected chi connectivity index (χ0v) is 12.5. The van der Waals surface area contributed by atoms with Crippen molar-refractivity contribution in [1.82, 2.24) is 9.80 Å². The highest BCUT2D eigenvalue weighted by molar-refractivity contribution is 5.76. The van der Waals surface area contributed by atoms with E-state index < -0.39 is 0 Å². The average molecular weight is 254 g/mol. The topological polar surface area (TPSA) is 23.6 Å². The van der Waals surface area contributed by atoms with Gasteiger partial charge < -0.3 is 4.90 Å². The number of piperazine rings is 1. The number of likely N-dealkylation sites (N-methyl/N-ethyl adjacent to an activating group) is 1. The van der Waals surface area contributed by atoms with Crippen molar-refractivity contribution in [3.63, 3.8) is 0 Å². The van der Waals surface area contributed by atoms with Crippen LogP contribution < -0.4 is 0 Å². The first-order valence-corrected chi connectivity index (χ1v) is 7.70. The van der Waals surface area contributed by atoms with Crippen LogP contribution in [0.1, 0.15) is 59.3 Å². The minimum atomic E-state index is 0.370. The molecule has 3 nitrogen and oxygen atoms in total. The number of rotatable bonds is 7. The van der Waals surface area contributed by atoms with Crippen molar-refractivity contribution in [1.29, 1.82) is 0 Å². The lowest BCUT2D eigenvalue weighted by atomic mass is 10.1. The van der Waals surface area contributed by atoms with E-state index in [1.165, 1.54) is 25.7 Å². The van der Waals surface area contributed by atoms with Crippen LogP contribution in [0.15, 0.2) is 0 Å².